The van der Waals surface area contributed by atoms with Gasteiger partial charge >= 0.3 is 6.03 Å². The van der Waals surface area contributed by atoms with Crippen molar-refractivity contribution >= 4 is 43.8 Å². The molecule has 4 rings (SSSR count). The molecule has 3 aromatic carbocycles. The lowest BCUT2D eigenvalue weighted by Crippen LogP contribution is -2.20. The first-order valence-electron chi connectivity index (χ1n) is 11.1. The van der Waals surface area contributed by atoms with Crippen LogP contribution >= 0.6 is 0 Å². The van der Waals surface area contributed by atoms with E-state index in [0.717, 1.165) is 24.5 Å². The Morgan fingerprint density at radius 1 is 0.974 bits per heavy atom. The Bertz CT molecular complexity index is 1730. The highest BCUT2D eigenvalue weighted by molar-refractivity contribution is 7.90. The molecule has 1 heterocycles. The number of rotatable bonds is 8. The van der Waals surface area contributed by atoms with Gasteiger partial charge in [-0.3, -0.25) is 4.98 Å². The maximum atomic E-state index is 14.7. The molecule has 0 aliphatic heterocycles. The summed E-state index contributed by atoms with van der Waals surface area (Å²) in [6.07, 6.45) is 2.51. The fraction of sp³-hybridized carbons (Fsp3) is 0.115. The van der Waals surface area contributed by atoms with Crippen LogP contribution in [0.25, 0.3) is 15.7 Å². The van der Waals surface area contributed by atoms with Crippen LogP contribution in [0.5, 0.6) is 17.2 Å². The molecule has 0 atom stereocenters. The number of nitrogens with one attached hydrogen (secondary N) is 2. The zero-order valence-corrected chi connectivity index (χ0v) is 21.0. The van der Waals surface area contributed by atoms with E-state index >= 15 is 0 Å². The quantitative estimate of drug-likeness (QED) is 0.255. The Hall–Kier alpha value is -4.83. The number of hydrogen-bond donors (Lipinski definition) is 2. The van der Waals surface area contributed by atoms with Crippen LogP contribution in [0.1, 0.15) is 0 Å². The van der Waals surface area contributed by atoms with Crippen LogP contribution in [0, 0.1) is 24.0 Å². The van der Waals surface area contributed by atoms with Crippen LogP contribution in [0.4, 0.5) is 35.0 Å². The second kappa shape index (κ2) is 11.3. The first kappa shape index (κ1) is 27.2. The van der Waals surface area contributed by atoms with Crippen LogP contribution in [-0.2, 0) is 9.84 Å². The number of carbonyl (C=O) groups excluding carboxylic acids is 1. The SMILES string of the molecule is [C-]#[N+]c1cc2c(Oc3ccc(NC(=O)Nc4ccc(F)cc4F)c(F)c3)ccnc2cc1OCCS(C)(=O)=O. The van der Waals surface area contributed by atoms with Crippen LogP contribution in [0.3, 0.4) is 0 Å². The minimum absolute atomic E-state index is 0.0633. The fourth-order valence-electron chi connectivity index (χ4n) is 3.39. The van der Waals surface area contributed by atoms with E-state index in [1.165, 1.54) is 36.5 Å². The number of ether oxygens (including phenoxy) is 2. The molecule has 0 spiro atoms. The number of benzene rings is 3. The molecule has 4 aromatic rings. The van der Waals surface area contributed by atoms with Crippen LogP contribution in [0.2, 0.25) is 0 Å². The third kappa shape index (κ3) is 6.93. The van der Waals surface area contributed by atoms with Crippen molar-refractivity contribution in [3.63, 3.8) is 0 Å². The summed E-state index contributed by atoms with van der Waals surface area (Å²) in [4.78, 5) is 19.8. The van der Waals surface area contributed by atoms with Crippen LogP contribution in [0.15, 0.2) is 60.8 Å². The zero-order chi connectivity index (χ0) is 28.2. The largest absolute Gasteiger partial charge is 0.503 e. The predicted octanol–water partition coefficient (Wildman–Crippen LogP) is 6.06. The summed E-state index contributed by atoms with van der Waals surface area (Å²) in [7, 11) is -3.25. The highest BCUT2D eigenvalue weighted by Gasteiger charge is 2.15. The summed E-state index contributed by atoms with van der Waals surface area (Å²) >= 11 is 0. The number of pyridine rings is 1. The van der Waals surface area contributed by atoms with Gasteiger partial charge in [0.15, 0.2) is 9.84 Å². The topological polar surface area (TPSA) is 111 Å². The number of nitrogens with zero attached hydrogens (tertiary/aromatic N) is 2. The van der Waals surface area contributed by atoms with Gasteiger partial charge in [0, 0.05) is 30.0 Å². The van der Waals surface area contributed by atoms with Crippen molar-refractivity contribution in [2.45, 2.75) is 0 Å². The number of fused-ring (bicyclic) bond motifs is 1. The third-order valence-corrected chi connectivity index (χ3v) is 6.12. The molecular weight excluding hydrogens is 537 g/mol. The number of aromatic nitrogens is 1. The Balaban J connectivity index is 1.50. The standard InChI is InChI=1S/C26H19F3N4O5S/c1-30-23-13-17-22(14-25(23)37-9-10-39(2,35)36)31-8-7-24(17)38-16-4-6-21(19(29)12-16)33-26(34)32-20-5-3-15(27)11-18(20)28/h3-8,11-14H,9-10H2,2H3,(H2,32,33,34). The molecule has 0 radical (unpaired) electrons. The molecule has 39 heavy (non-hydrogen) atoms. The maximum Gasteiger partial charge on any atom is 0.323 e. The fourth-order valence-corrected chi connectivity index (χ4v) is 3.77. The molecular formula is C26H19F3N4O5S. The Kier molecular flexibility index (Phi) is 7.87. The molecule has 2 N–H and O–H groups in total. The normalized spacial score (nSPS) is 11.1. The maximum absolute atomic E-state index is 14.7. The molecule has 0 saturated heterocycles. The van der Waals surface area contributed by atoms with E-state index in [2.05, 4.69) is 20.5 Å². The summed E-state index contributed by atoms with van der Waals surface area (Å²) in [5.74, 6) is -2.42. The summed E-state index contributed by atoms with van der Waals surface area (Å²) in [6, 6.07) is 9.71. The van der Waals surface area contributed by atoms with Gasteiger partial charge in [-0.05, 0) is 42.5 Å². The molecule has 0 bridgehead atoms. The molecule has 0 fully saturated rings. The minimum atomic E-state index is -3.25. The zero-order valence-electron chi connectivity index (χ0n) is 20.2. The smallest absolute Gasteiger partial charge is 0.323 e. The molecule has 0 unspecified atom stereocenters. The monoisotopic (exact) mass is 556 g/mol. The minimum Gasteiger partial charge on any atom is -0.503 e. The van der Waals surface area contributed by atoms with Gasteiger partial charge in [0.25, 0.3) is 0 Å². The lowest BCUT2D eigenvalue weighted by Gasteiger charge is -2.13. The molecule has 9 nitrogen and oxygen atoms in total. The third-order valence-electron chi connectivity index (χ3n) is 5.21. The van der Waals surface area contributed by atoms with E-state index in [-0.39, 0.29) is 46.7 Å². The van der Waals surface area contributed by atoms with E-state index in [1.54, 1.807) is 0 Å². The molecule has 200 valence electrons. The first-order chi connectivity index (χ1) is 18.5. The summed E-state index contributed by atoms with van der Waals surface area (Å²) in [6.45, 7) is 7.31. The number of hydrogen-bond acceptors (Lipinski definition) is 6. The number of carbonyl (C=O) groups is 1. The van der Waals surface area contributed by atoms with Gasteiger partial charge in [-0.2, -0.15) is 0 Å². The molecule has 13 heteroatoms. The van der Waals surface area contributed by atoms with E-state index in [1.807, 2.05) is 0 Å². The van der Waals surface area contributed by atoms with Crippen molar-refractivity contribution in [1.82, 2.24) is 4.98 Å². The van der Waals surface area contributed by atoms with Crippen molar-refractivity contribution < 1.29 is 35.9 Å². The first-order valence-corrected chi connectivity index (χ1v) is 13.2. The van der Waals surface area contributed by atoms with E-state index in [4.69, 9.17) is 16.0 Å². The van der Waals surface area contributed by atoms with Crippen LogP contribution in [-0.4, -0.2) is 38.0 Å². The number of amides is 2. The van der Waals surface area contributed by atoms with Gasteiger partial charge in [-0.15, -0.1) is 0 Å². The van der Waals surface area contributed by atoms with Crippen molar-refractivity contribution in [2.24, 2.45) is 0 Å². The number of halogens is 3. The van der Waals surface area contributed by atoms with Gasteiger partial charge in [0.05, 0.1) is 29.2 Å². The van der Waals surface area contributed by atoms with Crippen molar-refractivity contribution in [3.8, 4) is 17.2 Å². The van der Waals surface area contributed by atoms with E-state index in [9.17, 15) is 26.4 Å². The number of sulfone groups is 1. The summed E-state index contributed by atoms with van der Waals surface area (Å²) in [5.41, 5.74) is -0.0319. The highest BCUT2D eigenvalue weighted by atomic mass is 32.2. The van der Waals surface area contributed by atoms with Gasteiger partial charge in [0.2, 0.25) is 5.69 Å². The number of anilines is 2. The Morgan fingerprint density at radius 2 is 1.67 bits per heavy atom. The Morgan fingerprint density at radius 3 is 2.31 bits per heavy atom. The van der Waals surface area contributed by atoms with Gasteiger partial charge in [-0.1, -0.05) is 0 Å². The second-order valence-corrected chi connectivity index (χ2v) is 10.4. The van der Waals surface area contributed by atoms with E-state index in [0.29, 0.717) is 17.0 Å². The van der Waals surface area contributed by atoms with Gasteiger partial charge in [-0.25, -0.2) is 31.2 Å². The van der Waals surface area contributed by atoms with Crippen molar-refractivity contribution in [2.75, 3.05) is 29.2 Å². The number of urea groups is 1. The van der Waals surface area contributed by atoms with Crippen molar-refractivity contribution in [3.05, 3.63) is 89.7 Å². The van der Waals surface area contributed by atoms with Gasteiger partial charge in [0.1, 0.15) is 41.3 Å². The average Bonchev–Trinajstić information content (AvgIpc) is 2.86. The second-order valence-electron chi connectivity index (χ2n) is 8.18. The molecule has 0 aliphatic rings. The molecule has 0 saturated carbocycles. The predicted molar refractivity (Wildman–Crippen MR) is 139 cm³/mol. The Labute approximate surface area is 220 Å². The lowest BCUT2D eigenvalue weighted by atomic mass is 10.1. The average molecular weight is 557 g/mol. The summed E-state index contributed by atoms with van der Waals surface area (Å²) < 4.78 is 75.5. The highest BCUT2D eigenvalue weighted by Crippen LogP contribution is 2.37. The lowest BCUT2D eigenvalue weighted by molar-refractivity contribution is 0.262. The van der Waals surface area contributed by atoms with E-state index < -0.39 is 33.3 Å². The molecule has 1 aromatic heterocycles. The van der Waals surface area contributed by atoms with Gasteiger partial charge < -0.3 is 20.1 Å². The van der Waals surface area contributed by atoms with Crippen molar-refractivity contribution in [1.29, 1.82) is 0 Å². The molecule has 2 amide bonds. The molecule has 0 aliphatic carbocycles. The summed E-state index contributed by atoms with van der Waals surface area (Å²) in [5, 5.41) is 4.81. The van der Waals surface area contributed by atoms with Crippen LogP contribution < -0.4 is 20.1 Å².